The Kier molecular flexibility index (Phi) is 9.72. The van der Waals surface area contributed by atoms with Gasteiger partial charge in [0.25, 0.3) is 0 Å². The summed E-state index contributed by atoms with van der Waals surface area (Å²) in [6.45, 7) is 0. The first kappa shape index (κ1) is 31.9. The monoisotopic (exact) mass is 636 g/mol. The molecule has 1 aliphatic heterocycles. The van der Waals surface area contributed by atoms with Gasteiger partial charge in [0.05, 0.1) is 24.5 Å². The fourth-order valence-corrected chi connectivity index (χ4v) is 5.37. The second-order valence-corrected chi connectivity index (χ2v) is 11.8. The first-order chi connectivity index (χ1) is 23.4. The third-order valence-electron chi connectivity index (χ3n) is 8.11. The quantitative estimate of drug-likeness (QED) is 0.179. The van der Waals surface area contributed by atoms with Gasteiger partial charge >= 0.3 is 0 Å². The molecule has 1 aromatic heterocycles. The van der Waals surface area contributed by atoms with Gasteiger partial charge in [-0.2, -0.15) is 0 Å². The Morgan fingerprint density at radius 1 is 0.604 bits per heavy atom. The van der Waals surface area contributed by atoms with E-state index in [-0.39, 0.29) is 6.04 Å². The molecular weight excluding hydrogens is 596 g/mol. The number of hydrogen-bond donors (Lipinski definition) is 1. The van der Waals surface area contributed by atoms with Crippen LogP contribution in [0.25, 0.3) is 28.6 Å². The van der Waals surface area contributed by atoms with Crippen molar-refractivity contribution >= 4 is 22.8 Å². The largest absolute Gasteiger partial charge is 0.497 e. The van der Waals surface area contributed by atoms with Crippen molar-refractivity contribution < 1.29 is 9.15 Å². The lowest BCUT2D eigenvalue weighted by atomic mass is 10.0. The number of nitrogens with zero attached hydrogens (tertiary/aromatic N) is 5. The maximum Gasteiger partial charge on any atom is 0.248 e. The van der Waals surface area contributed by atoms with Crippen LogP contribution in [0.3, 0.4) is 0 Å². The van der Waals surface area contributed by atoms with Crippen LogP contribution in [0.5, 0.6) is 5.75 Å². The molecule has 48 heavy (non-hydrogen) atoms. The van der Waals surface area contributed by atoms with Crippen LogP contribution in [-0.4, -0.2) is 45.5 Å². The Morgan fingerprint density at radius 3 is 1.56 bits per heavy atom. The fourth-order valence-electron chi connectivity index (χ4n) is 5.37. The van der Waals surface area contributed by atoms with Crippen LogP contribution < -0.4 is 25.0 Å². The van der Waals surface area contributed by atoms with Crippen LogP contribution in [0.15, 0.2) is 144 Å². The Labute approximate surface area is 282 Å². The Morgan fingerprint density at radius 2 is 1.08 bits per heavy atom. The summed E-state index contributed by atoms with van der Waals surface area (Å²) >= 11 is 0. The van der Waals surface area contributed by atoms with Gasteiger partial charge < -0.3 is 19.0 Å². The molecule has 0 fully saturated rings. The molecule has 5 aromatic carbocycles. The number of methoxy groups -OCH3 is 1. The topological polar surface area (TPSA) is 69.9 Å². The molecule has 0 spiro atoms. The summed E-state index contributed by atoms with van der Waals surface area (Å²) in [4.78, 5) is 4.10. The summed E-state index contributed by atoms with van der Waals surface area (Å²) in [5.41, 5.74) is 12.3. The van der Waals surface area contributed by atoms with E-state index in [2.05, 4.69) is 97.2 Å². The summed E-state index contributed by atoms with van der Waals surface area (Å²) in [6, 6.07) is 45.3. The van der Waals surface area contributed by atoms with E-state index in [4.69, 9.17) is 9.15 Å². The van der Waals surface area contributed by atoms with Crippen LogP contribution in [0, 0.1) is 0 Å². The summed E-state index contributed by atoms with van der Waals surface area (Å²) in [7, 11) is 9.73. The summed E-state index contributed by atoms with van der Waals surface area (Å²) in [5, 5.41) is 10.5. The molecule has 8 nitrogen and oxygen atoms in total. The molecule has 0 aliphatic carbocycles. The van der Waals surface area contributed by atoms with E-state index in [0.717, 1.165) is 45.2 Å². The Hall–Kier alpha value is -6.02. The minimum atomic E-state index is 0.140. The van der Waals surface area contributed by atoms with Gasteiger partial charge in [-0.3, -0.25) is 10.4 Å². The van der Waals surface area contributed by atoms with Gasteiger partial charge in [-0.05, 0) is 102 Å². The highest BCUT2D eigenvalue weighted by atomic mass is 16.5. The van der Waals surface area contributed by atoms with Crippen LogP contribution in [0.4, 0.5) is 17.1 Å². The predicted octanol–water partition coefficient (Wildman–Crippen LogP) is 8.34. The smallest absolute Gasteiger partial charge is 0.248 e. The number of benzene rings is 5. The maximum atomic E-state index is 5.81. The van der Waals surface area contributed by atoms with Gasteiger partial charge in [-0.1, -0.05) is 48.5 Å². The predicted molar refractivity (Wildman–Crippen MR) is 196 cm³/mol. The highest BCUT2D eigenvalue weighted by molar-refractivity contribution is 5.72. The zero-order chi connectivity index (χ0) is 33.5. The van der Waals surface area contributed by atoms with Crippen LogP contribution >= 0.6 is 0 Å². The number of aromatic nitrogens is 2. The number of rotatable bonds is 8. The molecule has 0 bridgehead atoms. The third-order valence-corrected chi connectivity index (χ3v) is 8.11. The van der Waals surface area contributed by atoms with E-state index in [1.54, 1.807) is 7.11 Å². The summed E-state index contributed by atoms with van der Waals surface area (Å²) in [6.07, 6.45) is 2.27. The number of ether oxygens (including phenoxy) is 1. The number of nitrogens with one attached hydrogen (secondary N) is 1. The second-order valence-electron chi connectivity index (χ2n) is 11.8. The Balaban J connectivity index is 0.000000168. The van der Waals surface area contributed by atoms with Crippen molar-refractivity contribution in [2.24, 2.45) is 0 Å². The number of para-hydroxylation sites is 1. The minimum absolute atomic E-state index is 0.140. The lowest BCUT2D eigenvalue weighted by molar-refractivity contribution is 0.415. The van der Waals surface area contributed by atoms with E-state index < -0.39 is 0 Å². The van der Waals surface area contributed by atoms with Crippen molar-refractivity contribution in [3.05, 3.63) is 151 Å². The van der Waals surface area contributed by atoms with E-state index in [0.29, 0.717) is 11.8 Å². The number of anilines is 3. The highest BCUT2D eigenvalue weighted by Crippen LogP contribution is 2.35. The standard InChI is InChI=1S/C22H20N2O.C18H20N4O/c1-25-20-14-12-17(13-15-20)21-16-22(18-8-4-2-5-9-18)24(23-21)19-10-6-3-7-11-19;1-21(2)15-9-5-13(6-10-15)17-19-20-18(23-17)14-7-11-16(12-8-14)22(3)4/h2-16,22-23H,1H3;5-12H,1-4H3. The average Bonchev–Trinajstić information content (AvgIpc) is 3.82. The third kappa shape index (κ3) is 7.34. The van der Waals surface area contributed by atoms with Gasteiger partial charge in [-0.25, -0.2) is 0 Å². The van der Waals surface area contributed by atoms with E-state index in [9.17, 15) is 0 Å². The molecule has 7 rings (SSSR count). The molecule has 6 aromatic rings. The molecule has 1 unspecified atom stereocenters. The van der Waals surface area contributed by atoms with Crippen molar-refractivity contribution in [1.29, 1.82) is 0 Å². The molecule has 0 saturated heterocycles. The normalized spacial score (nSPS) is 13.6. The second kappa shape index (κ2) is 14.6. The van der Waals surface area contributed by atoms with Gasteiger partial charge in [0.15, 0.2) is 0 Å². The zero-order valence-corrected chi connectivity index (χ0v) is 27.9. The maximum absolute atomic E-state index is 5.81. The number of hydrazine groups is 1. The van der Waals surface area contributed by atoms with E-state index >= 15 is 0 Å². The number of hydrogen-bond acceptors (Lipinski definition) is 8. The molecule has 2 heterocycles. The molecule has 1 N–H and O–H groups in total. The van der Waals surface area contributed by atoms with Crippen LogP contribution in [0.1, 0.15) is 17.2 Å². The average molecular weight is 637 g/mol. The molecular formula is C40H40N6O2. The van der Waals surface area contributed by atoms with Crippen molar-refractivity contribution in [3.8, 4) is 28.7 Å². The van der Waals surface area contributed by atoms with Gasteiger partial charge in [0.2, 0.25) is 11.8 Å². The van der Waals surface area contributed by atoms with Crippen molar-refractivity contribution in [2.45, 2.75) is 6.04 Å². The zero-order valence-electron chi connectivity index (χ0n) is 27.9. The van der Waals surface area contributed by atoms with Crippen molar-refractivity contribution in [1.82, 2.24) is 15.6 Å². The van der Waals surface area contributed by atoms with Gasteiger partial charge in [-0.15, -0.1) is 10.2 Å². The minimum Gasteiger partial charge on any atom is -0.497 e. The van der Waals surface area contributed by atoms with E-state index in [1.165, 1.54) is 5.56 Å². The van der Waals surface area contributed by atoms with Gasteiger partial charge in [0, 0.05) is 50.7 Å². The molecule has 242 valence electrons. The lowest BCUT2D eigenvalue weighted by Crippen LogP contribution is -2.33. The van der Waals surface area contributed by atoms with Crippen molar-refractivity contribution in [2.75, 3.05) is 50.1 Å². The molecule has 0 saturated carbocycles. The Bertz CT molecular complexity index is 1850. The summed E-state index contributed by atoms with van der Waals surface area (Å²) in [5.74, 6) is 1.92. The highest BCUT2D eigenvalue weighted by Gasteiger charge is 2.27. The van der Waals surface area contributed by atoms with E-state index in [1.807, 2.05) is 101 Å². The summed E-state index contributed by atoms with van der Waals surface area (Å²) < 4.78 is 11.1. The molecule has 1 atom stereocenters. The molecule has 0 amide bonds. The van der Waals surface area contributed by atoms with Crippen LogP contribution in [-0.2, 0) is 0 Å². The first-order valence-corrected chi connectivity index (χ1v) is 15.8. The van der Waals surface area contributed by atoms with Crippen LogP contribution in [0.2, 0.25) is 0 Å². The lowest BCUT2D eigenvalue weighted by Gasteiger charge is -2.27. The first-order valence-electron chi connectivity index (χ1n) is 15.8. The molecule has 1 aliphatic rings. The van der Waals surface area contributed by atoms with Crippen molar-refractivity contribution in [3.63, 3.8) is 0 Å². The SMILES string of the molecule is CN(C)c1ccc(-c2nnc(-c3ccc(N(C)C)cc3)o2)cc1.COc1ccc(C2=CC(c3ccccc3)N(c3ccccc3)N2)cc1. The molecule has 8 heteroatoms. The van der Waals surface area contributed by atoms with Gasteiger partial charge in [0.1, 0.15) is 5.75 Å². The molecule has 0 radical (unpaired) electrons. The fraction of sp³-hybridized carbons (Fsp3) is 0.150.